The van der Waals surface area contributed by atoms with E-state index in [1.807, 2.05) is 49.2 Å². The summed E-state index contributed by atoms with van der Waals surface area (Å²) in [6.07, 6.45) is 1.96. The van der Waals surface area contributed by atoms with E-state index in [4.69, 9.17) is 0 Å². The fourth-order valence-electron chi connectivity index (χ4n) is 2.86. The van der Waals surface area contributed by atoms with E-state index in [1.165, 1.54) is 4.80 Å². The van der Waals surface area contributed by atoms with Gasteiger partial charge in [0.25, 0.3) is 0 Å². The van der Waals surface area contributed by atoms with Crippen LogP contribution in [-0.2, 0) is 4.79 Å². The van der Waals surface area contributed by atoms with E-state index in [1.54, 1.807) is 0 Å². The number of benzene rings is 1. The predicted molar refractivity (Wildman–Crippen MR) is 86.6 cm³/mol. The average molecular weight is 314 g/mol. The Balaban J connectivity index is 1.71. The summed E-state index contributed by atoms with van der Waals surface area (Å²) in [5, 5.41) is 15.8. The first-order valence-corrected chi connectivity index (χ1v) is 7.99. The van der Waals surface area contributed by atoms with Gasteiger partial charge in [-0.2, -0.15) is 4.80 Å². The highest BCUT2D eigenvalue weighted by atomic mass is 16.2. The molecule has 7 heteroatoms. The molecule has 1 aliphatic rings. The van der Waals surface area contributed by atoms with E-state index >= 15 is 0 Å². The third-order valence-corrected chi connectivity index (χ3v) is 4.37. The van der Waals surface area contributed by atoms with Gasteiger partial charge in [0.15, 0.2) is 0 Å². The molecule has 1 N–H and O–H groups in total. The van der Waals surface area contributed by atoms with Crippen molar-refractivity contribution in [2.75, 3.05) is 20.1 Å². The summed E-state index contributed by atoms with van der Waals surface area (Å²) < 4.78 is 0. The summed E-state index contributed by atoms with van der Waals surface area (Å²) in [6, 6.07) is 9.46. The highest BCUT2D eigenvalue weighted by Gasteiger charge is 2.27. The molecule has 122 valence electrons. The Kier molecular flexibility index (Phi) is 4.66. The van der Waals surface area contributed by atoms with Crippen molar-refractivity contribution in [1.29, 1.82) is 0 Å². The van der Waals surface area contributed by atoms with Gasteiger partial charge in [0.1, 0.15) is 6.04 Å². The lowest BCUT2D eigenvalue weighted by atomic mass is 10.0. The number of aromatic nitrogens is 4. The molecule has 0 aliphatic carbocycles. The van der Waals surface area contributed by atoms with Crippen LogP contribution in [-0.4, -0.2) is 57.2 Å². The number of carbonyl (C=O) groups excluding carboxylic acids is 1. The Morgan fingerprint density at radius 3 is 2.70 bits per heavy atom. The monoisotopic (exact) mass is 314 g/mol. The Labute approximate surface area is 135 Å². The first-order valence-electron chi connectivity index (χ1n) is 7.99. The van der Waals surface area contributed by atoms with Crippen LogP contribution >= 0.6 is 0 Å². The van der Waals surface area contributed by atoms with Gasteiger partial charge in [-0.15, -0.1) is 10.2 Å². The normalized spacial score (nSPS) is 17.0. The zero-order valence-corrected chi connectivity index (χ0v) is 13.5. The summed E-state index contributed by atoms with van der Waals surface area (Å²) >= 11 is 0. The van der Waals surface area contributed by atoms with Crippen LogP contribution < -0.4 is 5.32 Å². The first kappa shape index (κ1) is 15.6. The molecule has 1 atom stereocenters. The van der Waals surface area contributed by atoms with Gasteiger partial charge < -0.3 is 10.2 Å². The number of hydrogen-bond acceptors (Lipinski definition) is 5. The number of tetrazole rings is 1. The molecule has 0 spiro atoms. The zero-order valence-electron chi connectivity index (χ0n) is 13.5. The van der Waals surface area contributed by atoms with Crippen LogP contribution in [0.25, 0.3) is 11.4 Å². The topological polar surface area (TPSA) is 75.9 Å². The molecule has 0 saturated carbocycles. The van der Waals surface area contributed by atoms with Crippen LogP contribution in [0, 0.1) is 0 Å². The minimum Gasteiger partial charge on any atom is -0.341 e. The summed E-state index contributed by atoms with van der Waals surface area (Å²) in [5.74, 6) is 0.559. The maximum atomic E-state index is 12.7. The van der Waals surface area contributed by atoms with Crippen molar-refractivity contribution >= 4 is 5.91 Å². The fourth-order valence-corrected chi connectivity index (χ4v) is 2.86. The molecular formula is C16H22N6O. The minimum atomic E-state index is -0.458. The maximum Gasteiger partial charge on any atom is 0.249 e. The van der Waals surface area contributed by atoms with Gasteiger partial charge in [-0.05, 0) is 38.1 Å². The Morgan fingerprint density at radius 2 is 2.00 bits per heavy atom. The second kappa shape index (κ2) is 6.87. The summed E-state index contributed by atoms with van der Waals surface area (Å²) in [5.41, 5.74) is 0.894. The first-order chi connectivity index (χ1) is 11.2. The number of hydrogen-bond donors (Lipinski definition) is 1. The third-order valence-electron chi connectivity index (χ3n) is 4.37. The van der Waals surface area contributed by atoms with E-state index in [0.717, 1.165) is 31.5 Å². The highest BCUT2D eigenvalue weighted by molar-refractivity contribution is 5.80. The Bertz CT molecular complexity index is 650. The molecule has 1 saturated heterocycles. The average Bonchev–Trinajstić information content (AvgIpc) is 3.11. The van der Waals surface area contributed by atoms with Gasteiger partial charge >= 0.3 is 0 Å². The van der Waals surface area contributed by atoms with Crippen molar-refractivity contribution in [3.05, 3.63) is 30.3 Å². The van der Waals surface area contributed by atoms with E-state index in [-0.39, 0.29) is 11.9 Å². The largest absolute Gasteiger partial charge is 0.341 e. The molecule has 1 aromatic carbocycles. The number of nitrogens with one attached hydrogen (secondary N) is 1. The van der Waals surface area contributed by atoms with E-state index in [2.05, 4.69) is 20.7 Å². The molecule has 3 rings (SSSR count). The SMILES string of the molecule is CC(C(=O)N(C)C1CCNCC1)n1nnc(-c2ccccc2)n1. The van der Waals surface area contributed by atoms with Gasteiger partial charge in [-0.1, -0.05) is 30.3 Å². The highest BCUT2D eigenvalue weighted by Crippen LogP contribution is 2.17. The summed E-state index contributed by atoms with van der Waals surface area (Å²) in [4.78, 5) is 15.9. The second-order valence-corrected chi connectivity index (χ2v) is 5.91. The molecule has 1 aromatic heterocycles. The second-order valence-electron chi connectivity index (χ2n) is 5.91. The minimum absolute atomic E-state index is 0.0221. The number of amides is 1. The number of carbonyl (C=O) groups is 1. The molecule has 2 aromatic rings. The van der Waals surface area contributed by atoms with Crippen molar-refractivity contribution < 1.29 is 4.79 Å². The van der Waals surface area contributed by atoms with Crippen LogP contribution in [0.2, 0.25) is 0 Å². The Morgan fingerprint density at radius 1 is 1.30 bits per heavy atom. The lowest BCUT2D eigenvalue weighted by molar-refractivity contribution is -0.136. The van der Waals surface area contributed by atoms with Crippen molar-refractivity contribution in [3.63, 3.8) is 0 Å². The summed E-state index contributed by atoms with van der Waals surface area (Å²) in [6.45, 7) is 3.73. The van der Waals surface area contributed by atoms with Gasteiger partial charge in [-0.25, -0.2) is 0 Å². The van der Waals surface area contributed by atoms with Crippen molar-refractivity contribution in [3.8, 4) is 11.4 Å². The van der Waals surface area contributed by atoms with Crippen LogP contribution in [0.3, 0.4) is 0 Å². The third kappa shape index (κ3) is 3.39. The van der Waals surface area contributed by atoms with E-state index < -0.39 is 6.04 Å². The van der Waals surface area contributed by atoms with Crippen LogP contribution in [0.4, 0.5) is 0 Å². The van der Waals surface area contributed by atoms with Crippen molar-refractivity contribution in [1.82, 2.24) is 30.4 Å². The molecular weight excluding hydrogens is 292 g/mol. The van der Waals surface area contributed by atoms with Gasteiger partial charge in [-0.3, -0.25) is 4.79 Å². The molecule has 0 radical (unpaired) electrons. The van der Waals surface area contributed by atoms with Gasteiger partial charge in [0.2, 0.25) is 11.7 Å². The van der Waals surface area contributed by atoms with Crippen molar-refractivity contribution in [2.45, 2.75) is 31.8 Å². The zero-order chi connectivity index (χ0) is 16.2. The molecule has 7 nitrogen and oxygen atoms in total. The standard InChI is InChI=1S/C16H22N6O/c1-12(16(23)21(2)14-8-10-17-11-9-14)22-19-15(18-20-22)13-6-4-3-5-7-13/h3-7,12,14,17H,8-11H2,1-2H3. The molecule has 1 fully saturated rings. The molecule has 1 unspecified atom stereocenters. The smallest absolute Gasteiger partial charge is 0.249 e. The van der Waals surface area contributed by atoms with E-state index in [9.17, 15) is 4.79 Å². The number of likely N-dealkylation sites (N-methyl/N-ethyl adjacent to an activating group) is 1. The van der Waals surface area contributed by atoms with Gasteiger partial charge in [0, 0.05) is 18.7 Å². The van der Waals surface area contributed by atoms with Gasteiger partial charge in [0.05, 0.1) is 0 Å². The van der Waals surface area contributed by atoms with E-state index in [0.29, 0.717) is 5.82 Å². The molecule has 23 heavy (non-hydrogen) atoms. The Hall–Kier alpha value is -2.28. The number of piperidine rings is 1. The van der Waals surface area contributed by atoms with Crippen LogP contribution in [0.5, 0.6) is 0 Å². The predicted octanol–water partition coefficient (Wildman–Crippen LogP) is 1.11. The number of rotatable bonds is 4. The quantitative estimate of drug-likeness (QED) is 0.915. The van der Waals surface area contributed by atoms with Crippen molar-refractivity contribution in [2.24, 2.45) is 0 Å². The fraction of sp³-hybridized carbons (Fsp3) is 0.500. The molecule has 2 heterocycles. The lowest BCUT2D eigenvalue weighted by Crippen LogP contribution is -2.46. The number of nitrogens with zero attached hydrogens (tertiary/aromatic N) is 5. The lowest BCUT2D eigenvalue weighted by Gasteiger charge is -2.32. The molecule has 1 amide bonds. The maximum absolute atomic E-state index is 12.7. The molecule has 1 aliphatic heterocycles. The van der Waals surface area contributed by atoms with Crippen LogP contribution in [0.15, 0.2) is 30.3 Å². The van der Waals surface area contributed by atoms with Crippen LogP contribution in [0.1, 0.15) is 25.8 Å². The molecule has 0 bridgehead atoms. The summed E-state index contributed by atoms with van der Waals surface area (Å²) in [7, 11) is 1.86.